The molecule has 4 N–H and O–H groups in total. The van der Waals surface area contributed by atoms with E-state index in [0.717, 1.165) is 0 Å². The van der Waals surface area contributed by atoms with Crippen molar-refractivity contribution < 1.29 is 19.2 Å². The van der Waals surface area contributed by atoms with E-state index in [9.17, 15) is 19.2 Å². The van der Waals surface area contributed by atoms with Gasteiger partial charge in [-0.1, -0.05) is 28.5 Å². The number of carbonyl (C=O) groups excluding carboxylic acids is 4. The van der Waals surface area contributed by atoms with Crippen LogP contribution in [-0.2, 0) is 9.59 Å². The van der Waals surface area contributed by atoms with Crippen molar-refractivity contribution in [2.75, 3.05) is 25.1 Å². The van der Waals surface area contributed by atoms with Crippen molar-refractivity contribution in [1.29, 1.82) is 0 Å². The van der Waals surface area contributed by atoms with Gasteiger partial charge in [-0.05, 0) is 6.42 Å². The molecule has 6 amide bonds. The Kier molecular flexibility index (Phi) is 11.5. The van der Waals surface area contributed by atoms with Gasteiger partial charge in [-0.2, -0.15) is 0 Å². The van der Waals surface area contributed by atoms with Crippen LogP contribution in [0.2, 0.25) is 0 Å². The second-order valence-corrected chi connectivity index (χ2v) is 6.35. The highest BCUT2D eigenvalue weighted by Crippen LogP contribution is 2.19. The summed E-state index contributed by atoms with van der Waals surface area (Å²) in [4.78, 5) is 44.4. The fraction of sp³-hybridized carbons (Fsp3) is 0.636. The molecule has 21 heavy (non-hydrogen) atoms. The molecule has 0 aromatic rings. The lowest BCUT2D eigenvalue weighted by atomic mass is 10.3. The summed E-state index contributed by atoms with van der Waals surface area (Å²) >= 11 is 0. The Balaban J connectivity index is 3.51. The molecule has 10 heteroatoms. The average Bonchev–Trinajstić information content (AvgIpc) is 2.42. The summed E-state index contributed by atoms with van der Waals surface area (Å²) in [6, 6.07) is -1.06. The summed E-state index contributed by atoms with van der Waals surface area (Å²) in [5.74, 6) is 0.0256. The van der Waals surface area contributed by atoms with Crippen molar-refractivity contribution in [3.8, 4) is 0 Å². The Morgan fingerprint density at radius 1 is 0.952 bits per heavy atom. The van der Waals surface area contributed by atoms with Crippen molar-refractivity contribution >= 4 is 45.5 Å². The molecule has 0 saturated heterocycles. The lowest BCUT2D eigenvalue weighted by molar-refractivity contribution is -0.120. The van der Waals surface area contributed by atoms with Gasteiger partial charge in [-0.15, -0.1) is 0 Å². The standard InChI is InChI=1S/C11H20N4O4S2/c1-3-4-8(16)14-11(19)13-5-6-20-21-7-9(17)15-10(18)12-2/h3-7H2,1-2H3,(H2,12,15,17,18)(H2,13,14,16,19). The molecule has 0 aromatic carbocycles. The normalized spacial score (nSPS) is 9.62. The minimum Gasteiger partial charge on any atom is -0.341 e. The molecule has 0 atom stereocenters. The van der Waals surface area contributed by atoms with Gasteiger partial charge in [0.25, 0.3) is 0 Å². The largest absolute Gasteiger partial charge is 0.341 e. The van der Waals surface area contributed by atoms with E-state index >= 15 is 0 Å². The van der Waals surface area contributed by atoms with Crippen LogP contribution in [0.25, 0.3) is 0 Å². The van der Waals surface area contributed by atoms with Crippen molar-refractivity contribution in [2.24, 2.45) is 0 Å². The molecular weight excluding hydrogens is 316 g/mol. The third-order valence-electron chi connectivity index (χ3n) is 1.95. The van der Waals surface area contributed by atoms with Gasteiger partial charge in [0.15, 0.2) is 0 Å². The first-order chi connectivity index (χ1) is 9.99. The molecule has 0 aliphatic rings. The lowest BCUT2D eigenvalue weighted by Gasteiger charge is -2.06. The smallest absolute Gasteiger partial charge is 0.321 e. The maximum atomic E-state index is 11.3. The molecule has 8 nitrogen and oxygen atoms in total. The van der Waals surface area contributed by atoms with Gasteiger partial charge in [0, 0.05) is 25.8 Å². The highest BCUT2D eigenvalue weighted by atomic mass is 33.1. The van der Waals surface area contributed by atoms with E-state index < -0.39 is 12.1 Å². The van der Waals surface area contributed by atoms with Gasteiger partial charge in [0.2, 0.25) is 11.8 Å². The fourth-order valence-electron chi connectivity index (χ4n) is 1.05. The predicted octanol–water partition coefficient (Wildman–Crippen LogP) is 0.449. The molecule has 0 aliphatic carbocycles. The van der Waals surface area contributed by atoms with Crippen LogP contribution in [-0.4, -0.2) is 49.0 Å². The zero-order chi connectivity index (χ0) is 16.1. The SMILES string of the molecule is CCCC(=O)NC(=O)NCCSSCC(=O)NC(=O)NC. The van der Waals surface area contributed by atoms with Crippen LogP contribution < -0.4 is 21.3 Å². The molecule has 0 rings (SSSR count). The van der Waals surface area contributed by atoms with E-state index in [0.29, 0.717) is 25.1 Å². The number of carbonyl (C=O) groups is 4. The second-order valence-electron chi connectivity index (χ2n) is 3.77. The third-order valence-corrected chi connectivity index (χ3v) is 4.23. The van der Waals surface area contributed by atoms with Crippen molar-refractivity contribution in [1.82, 2.24) is 21.3 Å². The Morgan fingerprint density at radius 2 is 1.62 bits per heavy atom. The molecule has 0 heterocycles. The van der Waals surface area contributed by atoms with Gasteiger partial charge in [0.1, 0.15) is 0 Å². The molecule has 120 valence electrons. The van der Waals surface area contributed by atoms with Crippen LogP contribution >= 0.6 is 21.6 Å². The predicted molar refractivity (Wildman–Crippen MR) is 84.0 cm³/mol. The van der Waals surface area contributed by atoms with Crippen LogP contribution in [0.4, 0.5) is 9.59 Å². The van der Waals surface area contributed by atoms with Gasteiger partial charge in [-0.3, -0.25) is 20.2 Å². The Hall–Kier alpha value is -1.42. The van der Waals surface area contributed by atoms with E-state index in [1.165, 1.54) is 28.6 Å². The molecule has 0 fully saturated rings. The van der Waals surface area contributed by atoms with Crippen LogP contribution in [0.15, 0.2) is 0 Å². The lowest BCUT2D eigenvalue weighted by Crippen LogP contribution is -2.40. The third kappa shape index (κ3) is 12.1. The number of nitrogens with one attached hydrogen (secondary N) is 4. The molecular formula is C11H20N4O4S2. The van der Waals surface area contributed by atoms with Crippen LogP contribution in [0.1, 0.15) is 19.8 Å². The van der Waals surface area contributed by atoms with Crippen LogP contribution in [0.5, 0.6) is 0 Å². The summed E-state index contributed by atoms with van der Waals surface area (Å²) in [6.07, 6.45) is 1.00. The van der Waals surface area contributed by atoms with Gasteiger partial charge in [0.05, 0.1) is 5.75 Å². The zero-order valence-corrected chi connectivity index (χ0v) is 13.6. The van der Waals surface area contributed by atoms with Gasteiger partial charge in [-0.25, -0.2) is 9.59 Å². The Morgan fingerprint density at radius 3 is 2.24 bits per heavy atom. The minimum absolute atomic E-state index is 0.138. The first-order valence-electron chi connectivity index (χ1n) is 6.33. The quantitative estimate of drug-likeness (QED) is 0.378. The van der Waals surface area contributed by atoms with E-state index in [2.05, 4.69) is 21.3 Å². The Labute approximate surface area is 131 Å². The first-order valence-corrected chi connectivity index (χ1v) is 8.82. The molecule has 0 unspecified atom stereocenters. The van der Waals surface area contributed by atoms with E-state index in [1.807, 2.05) is 6.92 Å². The zero-order valence-electron chi connectivity index (χ0n) is 12.0. The number of hydrogen-bond donors (Lipinski definition) is 4. The average molecular weight is 336 g/mol. The van der Waals surface area contributed by atoms with Crippen LogP contribution in [0, 0.1) is 0 Å². The maximum absolute atomic E-state index is 11.3. The van der Waals surface area contributed by atoms with E-state index in [1.54, 1.807) is 0 Å². The Bertz CT molecular complexity index is 379. The number of hydrogen-bond acceptors (Lipinski definition) is 6. The summed E-state index contributed by atoms with van der Waals surface area (Å²) in [7, 11) is 4.08. The number of amides is 6. The maximum Gasteiger partial charge on any atom is 0.321 e. The van der Waals surface area contributed by atoms with Gasteiger partial charge < -0.3 is 10.6 Å². The minimum atomic E-state index is -0.541. The number of urea groups is 2. The number of rotatable bonds is 8. The van der Waals surface area contributed by atoms with Crippen molar-refractivity contribution in [2.45, 2.75) is 19.8 Å². The first kappa shape index (κ1) is 19.6. The van der Waals surface area contributed by atoms with E-state index in [-0.39, 0.29) is 17.6 Å². The molecule has 0 radical (unpaired) electrons. The summed E-state index contributed by atoms with van der Waals surface area (Å²) in [6.45, 7) is 2.23. The monoisotopic (exact) mass is 336 g/mol. The highest BCUT2D eigenvalue weighted by molar-refractivity contribution is 8.76. The van der Waals surface area contributed by atoms with Crippen molar-refractivity contribution in [3.05, 3.63) is 0 Å². The fourth-order valence-corrected chi connectivity index (χ4v) is 2.79. The molecule has 0 saturated carbocycles. The van der Waals surface area contributed by atoms with Crippen LogP contribution in [0.3, 0.4) is 0 Å². The molecule has 0 aliphatic heterocycles. The van der Waals surface area contributed by atoms with Gasteiger partial charge >= 0.3 is 12.1 Å². The number of imide groups is 2. The molecule has 0 spiro atoms. The second kappa shape index (κ2) is 12.3. The highest BCUT2D eigenvalue weighted by Gasteiger charge is 2.07. The topological polar surface area (TPSA) is 116 Å². The summed E-state index contributed by atoms with van der Waals surface area (Å²) < 4.78 is 0. The molecule has 0 bridgehead atoms. The molecule has 0 aromatic heterocycles. The summed E-state index contributed by atoms with van der Waals surface area (Å²) in [5.41, 5.74) is 0. The summed E-state index contributed by atoms with van der Waals surface area (Å²) in [5, 5.41) is 9.14. The van der Waals surface area contributed by atoms with E-state index in [4.69, 9.17) is 0 Å². The van der Waals surface area contributed by atoms with Crippen molar-refractivity contribution in [3.63, 3.8) is 0 Å².